The molecule has 0 amide bonds. The Balaban J connectivity index is 2.38. The molecule has 0 N–H and O–H groups in total. The van der Waals surface area contributed by atoms with E-state index in [0.717, 1.165) is 16.0 Å². The normalized spacial score (nSPS) is 12.2. The largest absolute Gasteiger partial charge is 0.298 e. The maximum absolute atomic E-state index is 12.0. The summed E-state index contributed by atoms with van der Waals surface area (Å²) in [5.74, 6) is -1.03. The molecule has 0 fully saturated rings. The number of aromatic nitrogens is 1. The van der Waals surface area contributed by atoms with Crippen LogP contribution in [-0.2, 0) is 14.6 Å². The highest BCUT2D eigenvalue weighted by Gasteiger charge is 2.24. The predicted octanol–water partition coefficient (Wildman–Crippen LogP) is 2.30. The molecule has 0 saturated heterocycles. The molecule has 0 spiro atoms. The number of hydrogen-bond donors (Lipinski definition) is 0. The van der Waals surface area contributed by atoms with Crippen LogP contribution in [0.15, 0.2) is 28.6 Å². The molecule has 0 aliphatic carbocycles. The van der Waals surface area contributed by atoms with Gasteiger partial charge in [-0.1, -0.05) is 26.0 Å². The van der Waals surface area contributed by atoms with Gasteiger partial charge in [-0.3, -0.25) is 4.79 Å². The van der Waals surface area contributed by atoms with E-state index in [1.165, 1.54) is 0 Å². The average molecular weight is 283 g/mol. The molecular weight excluding hydrogens is 270 g/mol. The Labute approximate surface area is 110 Å². The first-order valence-corrected chi connectivity index (χ1v) is 7.98. The molecule has 1 heterocycles. The summed E-state index contributed by atoms with van der Waals surface area (Å²) in [5.41, 5.74) is 0.651. The third-order valence-electron chi connectivity index (χ3n) is 2.52. The molecule has 0 aliphatic rings. The third kappa shape index (κ3) is 2.59. The predicted molar refractivity (Wildman–Crippen MR) is 71.5 cm³/mol. The van der Waals surface area contributed by atoms with Crippen molar-refractivity contribution < 1.29 is 13.2 Å². The summed E-state index contributed by atoms with van der Waals surface area (Å²) in [7, 11) is -3.61. The number of Topliss-reactive ketones (excluding diaryl/α,β-unsaturated/α-hetero) is 1. The molecule has 2 rings (SSSR count). The molecule has 4 nitrogen and oxygen atoms in total. The fourth-order valence-electron chi connectivity index (χ4n) is 1.40. The van der Waals surface area contributed by atoms with Gasteiger partial charge in [-0.2, -0.15) is 0 Å². The lowest BCUT2D eigenvalue weighted by Crippen LogP contribution is -2.20. The van der Waals surface area contributed by atoms with Crippen LogP contribution in [0.4, 0.5) is 0 Å². The first-order valence-electron chi connectivity index (χ1n) is 5.51. The summed E-state index contributed by atoms with van der Waals surface area (Å²) in [5, 5.41) is 0. The monoisotopic (exact) mass is 283 g/mol. The number of thiazole rings is 1. The van der Waals surface area contributed by atoms with Crippen molar-refractivity contribution in [2.75, 3.05) is 5.75 Å². The van der Waals surface area contributed by atoms with Crippen LogP contribution in [0, 0.1) is 5.92 Å². The zero-order valence-electron chi connectivity index (χ0n) is 10.1. The standard InChI is InChI=1S/C12H13NO3S2/c1-8(2)10(14)7-18(15,16)12-13-9-5-3-4-6-11(9)17-12/h3-6,8H,7H2,1-2H3. The lowest BCUT2D eigenvalue weighted by atomic mass is 10.1. The molecule has 0 aliphatic heterocycles. The van der Waals surface area contributed by atoms with Crippen molar-refractivity contribution in [3.05, 3.63) is 24.3 Å². The van der Waals surface area contributed by atoms with Gasteiger partial charge in [0.2, 0.25) is 14.2 Å². The lowest BCUT2D eigenvalue weighted by molar-refractivity contribution is -0.119. The second-order valence-electron chi connectivity index (χ2n) is 4.33. The molecule has 0 unspecified atom stereocenters. The number of fused-ring (bicyclic) bond motifs is 1. The van der Waals surface area contributed by atoms with Crippen molar-refractivity contribution in [2.24, 2.45) is 5.92 Å². The Hall–Kier alpha value is -1.27. The van der Waals surface area contributed by atoms with E-state index in [9.17, 15) is 13.2 Å². The van der Waals surface area contributed by atoms with E-state index in [0.29, 0.717) is 5.52 Å². The highest BCUT2D eigenvalue weighted by Crippen LogP contribution is 2.26. The van der Waals surface area contributed by atoms with Gasteiger partial charge in [0.25, 0.3) is 0 Å². The van der Waals surface area contributed by atoms with Gasteiger partial charge in [0.1, 0.15) is 5.75 Å². The van der Waals surface area contributed by atoms with E-state index in [4.69, 9.17) is 0 Å². The first-order chi connectivity index (χ1) is 8.40. The Morgan fingerprint density at radius 3 is 2.61 bits per heavy atom. The van der Waals surface area contributed by atoms with Gasteiger partial charge in [0.05, 0.1) is 10.2 Å². The Bertz CT molecular complexity index is 653. The van der Waals surface area contributed by atoms with Crippen LogP contribution < -0.4 is 0 Å². The molecule has 0 saturated carbocycles. The van der Waals surface area contributed by atoms with Crippen molar-refractivity contribution in [2.45, 2.75) is 18.2 Å². The van der Waals surface area contributed by atoms with Crippen LogP contribution in [0.3, 0.4) is 0 Å². The SMILES string of the molecule is CC(C)C(=O)CS(=O)(=O)c1nc2ccccc2s1. The van der Waals surface area contributed by atoms with E-state index in [1.54, 1.807) is 26.0 Å². The highest BCUT2D eigenvalue weighted by atomic mass is 32.2. The minimum Gasteiger partial charge on any atom is -0.298 e. The van der Waals surface area contributed by atoms with E-state index in [-0.39, 0.29) is 16.0 Å². The lowest BCUT2D eigenvalue weighted by Gasteiger charge is -2.02. The fraction of sp³-hybridized carbons (Fsp3) is 0.333. The quantitative estimate of drug-likeness (QED) is 0.863. The van der Waals surface area contributed by atoms with Crippen molar-refractivity contribution in [3.63, 3.8) is 0 Å². The molecule has 1 aromatic heterocycles. The number of carbonyl (C=O) groups is 1. The van der Waals surface area contributed by atoms with Gasteiger partial charge in [-0.15, -0.1) is 11.3 Å². The summed E-state index contributed by atoms with van der Waals surface area (Å²) in [6.45, 7) is 3.38. The van der Waals surface area contributed by atoms with Crippen LogP contribution >= 0.6 is 11.3 Å². The topological polar surface area (TPSA) is 64.1 Å². The Morgan fingerprint density at radius 2 is 2.00 bits per heavy atom. The van der Waals surface area contributed by atoms with Crippen LogP contribution in [0.5, 0.6) is 0 Å². The van der Waals surface area contributed by atoms with E-state index in [2.05, 4.69) is 4.98 Å². The molecule has 2 aromatic rings. The van der Waals surface area contributed by atoms with Crippen LogP contribution in [0.1, 0.15) is 13.8 Å². The molecule has 96 valence electrons. The van der Waals surface area contributed by atoms with Gasteiger partial charge >= 0.3 is 0 Å². The molecule has 1 aromatic carbocycles. The number of hydrogen-bond acceptors (Lipinski definition) is 5. The number of sulfone groups is 1. The van der Waals surface area contributed by atoms with Crippen molar-refractivity contribution >= 4 is 37.2 Å². The molecular formula is C12H13NO3S2. The van der Waals surface area contributed by atoms with Gasteiger partial charge in [-0.05, 0) is 12.1 Å². The zero-order chi connectivity index (χ0) is 13.3. The summed E-state index contributed by atoms with van der Waals surface area (Å²) >= 11 is 1.11. The molecule has 18 heavy (non-hydrogen) atoms. The highest BCUT2D eigenvalue weighted by molar-refractivity contribution is 7.94. The number of para-hydroxylation sites is 1. The van der Waals surface area contributed by atoms with Gasteiger partial charge < -0.3 is 0 Å². The molecule has 6 heteroatoms. The number of rotatable bonds is 4. The minimum absolute atomic E-state index is 0.0256. The van der Waals surface area contributed by atoms with E-state index >= 15 is 0 Å². The molecule has 0 radical (unpaired) electrons. The zero-order valence-corrected chi connectivity index (χ0v) is 11.7. The van der Waals surface area contributed by atoms with Crippen molar-refractivity contribution in [1.82, 2.24) is 4.98 Å². The fourth-order valence-corrected chi connectivity index (χ4v) is 4.12. The smallest absolute Gasteiger partial charge is 0.212 e. The van der Waals surface area contributed by atoms with Gasteiger partial charge in [-0.25, -0.2) is 13.4 Å². The molecule has 0 atom stereocenters. The van der Waals surface area contributed by atoms with Crippen molar-refractivity contribution in [3.8, 4) is 0 Å². The summed E-state index contributed by atoms with van der Waals surface area (Å²) in [6, 6.07) is 7.21. The van der Waals surface area contributed by atoms with E-state index in [1.807, 2.05) is 12.1 Å². The first kappa shape index (κ1) is 13.2. The van der Waals surface area contributed by atoms with Gasteiger partial charge in [0, 0.05) is 5.92 Å². The van der Waals surface area contributed by atoms with E-state index < -0.39 is 15.6 Å². The van der Waals surface area contributed by atoms with Gasteiger partial charge in [0.15, 0.2) is 5.78 Å². The second kappa shape index (κ2) is 4.78. The average Bonchev–Trinajstić information content (AvgIpc) is 2.72. The third-order valence-corrected chi connectivity index (χ3v) is 5.65. The molecule has 0 bridgehead atoms. The number of benzene rings is 1. The number of ketones is 1. The number of nitrogens with zero attached hydrogens (tertiary/aromatic N) is 1. The second-order valence-corrected chi connectivity index (χ2v) is 7.52. The Morgan fingerprint density at radius 1 is 1.33 bits per heavy atom. The summed E-state index contributed by atoms with van der Waals surface area (Å²) < 4.78 is 24.9. The maximum atomic E-state index is 12.0. The van der Waals surface area contributed by atoms with Crippen LogP contribution in [0.25, 0.3) is 10.2 Å². The Kier molecular flexibility index (Phi) is 3.49. The maximum Gasteiger partial charge on any atom is 0.212 e. The summed E-state index contributed by atoms with van der Waals surface area (Å²) in [4.78, 5) is 15.6. The van der Waals surface area contributed by atoms with Crippen LogP contribution in [-0.4, -0.2) is 24.9 Å². The van der Waals surface area contributed by atoms with Crippen molar-refractivity contribution in [1.29, 1.82) is 0 Å². The summed E-state index contributed by atoms with van der Waals surface area (Å²) in [6.07, 6.45) is 0. The number of carbonyl (C=O) groups excluding carboxylic acids is 1. The van der Waals surface area contributed by atoms with Crippen LogP contribution in [0.2, 0.25) is 0 Å². The minimum atomic E-state index is -3.61.